The number of ether oxygens (including phenoxy) is 2. The van der Waals surface area contributed by atoms with Crippen LogP contribution in [0.5, 0.6) is 5.75 Å². The van der Waals surface area contributed by atoms with Crippen molar-refractivity contribution < 1.29 is 13.9 Å². The van der Waals surface area contributed by atoms with Crippen molar-refractivity contribution in [3.05, 3.63) is 29.6 Å². The zero-order chi connectivity index (χ0) is 11.4. The molecule has 0 aliphatic carbocycles. The van der Waals surface area contributed by atoms with Gasteiger partial charge >= 0.3 is 0 Å². The van der Waals surface area contributed by atoms with Gasteiger partial charge in [-0.25, -0.2) is 4.39 Å². The minimum absolute atomic E-state index is 0.211. The fraction of sp³-hybridized carbons (Fsp3) is 0.500. The van der Waals surface area contributed by atoms with E-state index in [2.05, 4.69) is 0 Å². The predicted octanol–water partition coefficient (Wildman–Crippen LogP) is 1.70. The van der Waals surface area contributed by atoms with Crippen LogP contribution in [0.4, 0.5) is 4.39 Å². The molecule has 0 aromatic heterocycles. The van der Waals surface area contributed by atoms with Gasteiger partial charge in [-0.15, -0.1) is 0 Å². The second kappa shape index (κ2) is 5.27. The Morgan fingerprint density at radius 3 is 3.00 bits per heavy atom. The van der Waals surface area contributed by atoms with E-state index in [1.807, 2.05) is 0 Å². The van der Waals surface area contributed by atoms with Gasteiger partial charge in [-0.3, -0.25) is 0 Å². The van der Waals surface area contributed by atoms with Gasteiger partial charge in [0, 0.05) is 30.7 Å². The van der Waals surface area contributed by atoms with Gasteiger partial charge in [-0.1, -0.05) is 6.07 Å². The zero-order valence-corrected chi connectivity index (χ0v) is 9.12. The third-order valence-electron chi connectivity index (χ3n) is 2.75. The molecule has 88 valence electrons. The number of rotatable bonds is 4. The fourth-order valence-corrected chi connectivity index (χ4v) is 1.71. The lowest BCUT2D eigenvalue weighted by Crippen LogP contribution is -2.12. The monoisotopic (exact) mass is 225 g/mol. The van der Waals surface area contributed by atoms with E-state index in [-0.39, 0.29) is 12.4 Å². The molecule has 0 spiro atoms. The maximum absolute atomic E-state index is 13.4. The summed E-state index contributed by atoms with van der Waals surface area (Å²) in [6.45, 7) is 2.34. The van der Waals surface area contributed by atoms with Crippen molar-refractivity contribution in [1.29, 1.82) is 0 Å². The van der Waals surface area contributed by atoms with Crippen molar-refractivity contribution in [2.75, 3.05) is 19.8 Å². The molecule has 1 fully saturated rings. The molecule has 1 saturated heterocycles. The quantitative estimate of drug-likeness (QED) is 0.848. The normalized spacial score (nSPS) is 20.0. The third kappa shape index (κ3) is 2.71. The van der Waals surface area contributed by atoms with E-state index in [9.17, 15) is 4.39 Å². The van der Waals surface area contributed by atoms with Crippen LogP contribution in [0.25, 0.3) is 0 Å². The van der Waals surface area contributed by atoms with Crippen LogP contribution in [0.15, 0.2) is 18.2 Å². The highest BCUT2D eigenvalue weighted by Gasteiger charge is 2.16. The minimum atomic E-state index is -0.303. The number of hydrogen-bond donors (Lipinski definition) is 1. The van der Waals surface area contributed by atoms with E-state index >= 15 is 0 Å². The first-order valence-corrected chi connectivity index (χ1v) is 5.48. The van der Waals surface area contributed by atoms with E-state index < -0.39 is 0 Å². The summed E-state index contributed by atoms with van der Waals surface area (Å²) in [5, 5.41) is 0. The number of nitrogens with two attached hydrogens (primary N) is 1. The molecule has 0 saturated carbocycles. The van der Waals surface area contributed by atoms with Crippen molar-refractivity contribution in [3.63, 3.8) is 0 Å². The second-order valence-corrected chi connectivity index (χ2v) is 4.00. The number of halogens is 1. The van der Waals surface area contributed by atoms with Crippen molar-refractivity contribution in [3.8, 4) is 5.75 Å². The Hall–Kier alpha value is -1.13. The molecule has 4 heteroatoms. The van der Waals surface area contributed by atoms with Gasteiger partial charge in [0.15, 0.2) is 0 Å². The van der Waals surface area contributed by atoms with Crippen molar-refractivity contribution in [1.82, 2.24) is 0 Å². The molecule has 2 N–H and O–H groups in total. The van der Waals surface area contributed by atoms with E-state index in [0.717, 1.165) is 19.6 Å². The van der Waals surface area contributed by atoms with E-state index in [4.69, 9.17) is 15.2 Å². The Labute approximate surface area is 94.3 Å². The molecule has 3 nitrogen and oxygen atoms in total. The average molecular weight is 225 g/mol. The van der Waals surface area contributed by atoms with E-state index in [1.54, 1.807) is 12.1 Å². The summed E-state index contributed by atoms with van der Waals surface area (Å²) < 4.78 is 24.1. The Morgan fingerprint density at radius 2 is 2.38 bits per heavy atom. The van der Waals surface area contributed by atoms with Gasteiger partial charge in [-0.05, 0) is 12.5 Å². The molecular weight excluding hydrogens is 209 g/mol. The second-order valence-electron chi connectivity index (χ2n) is 4.00. The van der Waals surface area contributed by atoms with Crippen LogP contribution in [-0.2, 0) is 11.3 Å². The number of benzene rings is 1. The summed E-state index contributed by atoms with van der Waals surface area (Å²) in [5.41, 5.74) is 5.89. The van der Waals surface area contributed by atoms with Gasteiger partial charge in [0.25, 0.3) is 0 Å². The summed E-state index contributed by atoms with van der Waals surface area (Å²) in [4.78, 5) is 0. The van der Waals surface area contributed by atoms with Crippen LogP contribution in [0.1, 0.15) is 12.0 Å². The molecule has 2 rings (SSSR count). The summed E-state index contributed by atoms with van der Waals surface area (Å²) in [7, 11) is 0. The molecular formula is C12H16FNO2. The van der Waals surface area contributed by atoms with Gasteiger partial charge in [-0.2, -0.15) is 0 Å². The maximum Gasteiger partial charge on any atom is 0.131 e. The van der Waals surface area contributed by atoms with Crippen LogP contribution in [0.2, 0.25) is 0 Å². The van der Waals surface area contributed by atoms with Crippen molar-refractivity contribution in [2.24, 2.45) is 11.7 Å². The lowest BCUT2D eigenvalue weighted by Gasteiger charge is -2.11. The molecule has 16 heavy (non-hydrogen) atoms. The van der Waals surface area contributed by atoms with Crippen LogP contribution in [0, 0.1) is 11.7 Å². The highest BCUT2D eigenvalue weighted by molar-refractivity contribution is 5.28. The lowest BCUT2D eigenvalue weighted by molar-refractivity contribution is 0.167. The molecule has 0 amide bonds. The molecule has 0 radical (unpaired) electrons. The lowest BCUT2D eigenvalue weighted by atomic mass is 10.1. The summed E-state index contributed by atoms with van der Waals surface area (Å²) in [6, 6.07) is 4.80. The topological polar surface area (TPSA) is 44.5 Å². The summed E-state index contributed by atoms with van der Waals surface area (Å²) in [5.74, 6) is 0.682. The Balaban J connectivity index is 1.91. The predicted molar refractivity (Wildman–Crippen MR) is 58.7 cm³/mol. The minimum Gasteiger partial charge on any atom is -0.493 e. The molecule has 1 unspecified atom stereocenters. The average Bonchev–Trinajstić information content (AvgIpc) is 2.79. The molecule has 1 aliphatic heterocycles. The van der Waals surface area contributed by atoms with E-state index in [1.165, 1.54) is 6.07 Å². The van der Waals surface area contributed by atoms with Crippen LogP contribution < -0.4 is 10.5 Å². The first-order chi connectivity index (χ1) is 7.79. The fourth-order valence-electron chi connectivity index (χ4n) is 1.71. The van der Waals surface area contributed by atoms with Gasteiger partial charge in [0.2, 0.25) is 0 Å². The van der Waals surface area contributed by atoms with Crippen LogP contribution in [-0.4, -0.2) is 19.8 Å². The molecule has 1 atom stereocenters. The molecule has 0 bridgehead atoms. The standard InChI is InChI=1S/C12H16FNO2/c13-12-5-11(2-1-10(12)6-14)16-8-9-3-4-15-7-9/h1-2,5,9H,3-4,6-8,14H2. The Bertz CT molecular complexity index is 351. The molecule has 1 aromatic carbocycles. The third-order valence-corrected chi connectivity index (χ3v) is 2.75. The van der Waals surface area contributed by atoms with Crippen LogP contribution >= 0.6 is 0 Å². The van der Waals surface area contributed by atoms with E-state index in [0.29, 0.717) is 23.8 Å². The van der Waals surface area contributed by atoms with Crippen molar-refractivity contribution >= 4 is 0 Å². The molecule has 1 aromatic rings. The smallest absolute Gasteiger partial charge is 0.131 e. The Morgan fingerprint density at radius 1 is 1.50 bits per heavy atom. The first kappa shape index (κ1) is 11.4. The van der Waals surface area contributed by atoms with Crippen LogP contribution in [0.3, 0.4) is 0 Å². The SMILES string of the molecule is NCc1ccc(OCC2CCOC2)cc1F. The van der Waals surface area contributed by atoms with Crippen molar-refractivity contribution in [2.45, 2.75) is 13.0 Å². The maximum atomic E-state index is 13.4. The van der Waals surface area contributed by atoms with Gasteiger partial charge in [0.05, 0.1) is 13.2 Å². The number of hydrogen-bond acceptors (Lipinski definition) is 3. The highest BCUT2D eigenvalue weighted by Crippen LogP contribution is 2.19. The molecule has 1 heterocycles. The summed E-state index contributed by atoms with van der Waals surface area (Å²) in [6.07, 6.45) is 1.02. The highest BCUT2D eigenvalue weighted by atomic mass is 19.1. The summed E-state index contributed by atoms with van der Waals surface area (Å²) >= 11 is 0. The van der Waals surface area contributed by atoms with Gasteiger partial charge < -0.3 is 15.2 Å². The Kier molecular flexibility index (Phi) is 3.74. The zero-order valence-electron chi connectivity index (χ0n) is 9.12. The van der Waals surface area contributed by atoms with Gasteiger partial charge in [0.1, 0.15) is 11.6 Å². The first-order valence-electron chi connectivity index (χ1n) is 5.48. The largest absolute Gasteiger partial charge is 0.493 e. The molecule has 1 aliphatic rings.